The number of hydrogen-bond donors (Lipinski definition) is 1. The van der Waals surface area contributed by atoms with E-state index in [0.29, 0.717) is 18.0 Å². The van der Waals surface area contributed by atoms with E-state index in [2.05, 4.69) is 31.0 Å². The van der Waals surface area contributed by atoms with Crippen LogP contribution >= 0.6 is 23.2 Å². The Morgan fingerprint density at radius 2 is 1.95 bits per heavy atom. The molecule has 0 amide bonds. The summed E-state index contributed by atoms with van der Waals surface area (Å²) in [6.07, 6.45) is 1.08. The molecule has 4 heteroatoms. The fourth-order valence-electron chi connectivity index (χ4n) is 2.67. The molecule has 0 aliphatic carbocycles. The van der Waals surface area contributed by atoms with Crippen molar-refractivity contribution in [3.63, 3.8) is 0 Å². The minimum Gasteiger partial charge on any atom is -0.363 e. The number of nitrogens with zero attached hydrogens (tertiary/aromatic N) is 1. The average molecular weight is 301 g/mol. The van der Waals surface area contributed by atoms with E-state index in [9.17, 15) is 0 Å². The van der Waals surface area contributed by atoms with Crippen molar-refractivity contribution < 1.29 is 0 Å². The third kappa shape index (κ3) is 3.18. The second-order valence-corrected chi connectivity index (χ2v) is 6.36. The van der Waals surface area contributed by atoms with Gasteiger partial charge in [-0.2, -0.15) is 0 Å². The molecule has 0 bridgehead atoms. The fourth-order valence-corrected chi connectivity index (χ4v) is 3.29. The third-order valence-corrected chi connectivity index (χ3v) is 4.56. The van der Waals surface area contributed by atoms with Gasteiger partial charge in [-0.25, -0.2) is 0 Å². The van der Waals surface area contributed by atoms with Crippen LogP contribution in [0.1, 0.15) is 27.2 Å². The molecular formula is C15H22Cl2N2. The van der Waals surface area contributed by atoms with Gasteiger partial charge in [-0.1, -0.05) is 50.0 Å². The Kier molecular flexibility index (Phi) is 4.99. The molecule has 2 nitrogen and oxygen atoms in total. The van der Waals surface area contributed by atoms with Crippen molar-refractivity contribution >= 4 is 28.9 Å². The summed E-state index contributed by atoms with van der Waals surface area (Å²) in [6.45, 7) is 8.65. The molecular weight excluding hydrogens is 279 g/mol. The lowest BCUT2D eigenvalue weighted by atomic mass is 9.98. The molecule has 0 saturated carbocycles. The molecule has 0 aromatic heterocycles. The van der Waals surface area contributed by atoms with Gasteiger partial charge < -0.3 is 10.2 Å². The highest BCUT2D eigenvalue weighted by Gasteiger charge is 2.30. The van der Waals surface area contributed by atoms with Crippen LogP contribution in [0.2, 0.25) is 10.0 Å². The predicted octanol–water partition coefficient (Wildman–Crippen LogP) is 4.21. The molecule has 1 aliphatic heterocycles. The number of para-hydroxylation sites is 1. The van der Waals surface area contributed by atoms with Gasteiger partial charge in [0.1, 0.15) is 0 Å². The first kappa shape index (κ1) is 15.0. The Hall–Kier alpha value is -0.440. The number of nitrogens with one attached hydrogen (secondary N) is 1. The van der Waals surface area contributed by atoms with E-state index in [4.69, 9.17) is 23.2 Å². The summed E-state index contributed by atoms with van der Waals surface area (Å²) in [5.41, 5.74) is 0.991. The van der Waals surface area contributed by atoms with E-state index in [0.717, 1.165) is 35.2 Å². The Morgan fingerprint density at radius 1 is 1.32 bits per heavy atom. The molecule has 2 unspecified atom stereocenters. The molecule has 1 saturated heterocycles. The molecule has 1 heterocycles. The van der Waals surface area contributed by atoms with Gasteiger partial charge in [0.15, 0.2) is 0 Å². The SMILES string of the molecule is CCC1CNC(C(C)C)CN1c1c(Cl)cccc1Cl. The summed E-state index contributed by atoms with van der Waals surface area (Å²) < 4.78 is 0. The van der Waals surface area contributed by atoms with Crippen LogP contribution in [0.4, 0.5) is 5.69 Å². The maximum absolute atomic E-state index is 6.37. The van der Waals surface area contributed by atoms with Crippen molar-refractivity contribution in [3.8, 4) is 0 Å². The van der Waals surface area contributed by atoms with Crippen molar-refractivity contribution in [2.24, 2.45) is 5.92 Å². The first-order valence-electron chi connectivity index (χ1n) is 6.98. The van der Waals surface area contributed by atoms with Crippen LogP contribution in [-0.4, -0.2) is 25.2 Å². The minimum atomic E-state index is 0.451. The van der Waals surface area contributed by atoms with Crippen LogP contribution in [0.25, 0.3) is 0 Å². The van der Waals surface area contributed by atoms with E-state index >= 15 is 0 Å². The van der Waals surface area contributed by atoms with Gasteiger partial charge >= 0.3 is 0 Å². The zero-order chi connectivity index (χ0) is 14.0. The second kappa shape index (κ2) is 6.34. The predicted molar refractivity (Wildman–Crippen MR) is 84.5 cm³/mol. The van der Waals surface area contributed by atoms with E-state index in [-0.39, 0.29) is 0 Å². The maximum atomic E-state index is 6.37. The van der Waals surface area contributed by atoms with Gasteiger partial charge in [-0.3, -0.25) is 0 Å². The average Bonchev–Trinajstić information content (AvgIpc) is 2.38. The highest BCUT2D eigenvalue weighted by molar-refractivity contribution is 6.39. The molecule has 1 N–H and O–H groups in total. The highest BCUT2D eigenvalue weighted by atomic mass is 35.5. The quantitative estimate of drug-likeness (QED) is 0.900. The van der Waals surface area contributed by atoms with Gasteiger partial charge in [0.25, 0.3) is 0 Å². The Morgan fingerprint density at radius 3 is 2.47 bits per heavy atom. The number of halogens is 2. The summed E-state index contributed by atoms with van der Waals surface area (Å²) in [5, 5.41) is 5.12. The van der Waals surface area contributed by atoms with E-state index in [1.54, 1.807) is 0 Å². The van der Waals surface area contributed by atoms with Crippen molar-refractivity contribution in [2.75, 3.05) is 18.0 Å². The third-order valence-electron chi connectivity index (χ3n) is 3.95. The summed E-state index contributed by atoms with van der Waals surface area (Å²) in [6, 6.07) is 6.67. The van der Waals surface area contributed by atoms with Crippen molar-refractivity contribution in [1.29, 1.82) is 0 Å². The highest BCUT2D eigenvalue weighted by Crippen LogP contribution is 2.36. The standard InChI is InChI=1S/C15H22Cl2N2/c1-4-11-8-18-14(10(2)3)9-19(11)15-12(16)6-5-7-13(15)17/h5-7,10-11,14,18H,4,8-9H2,1-3H3. The molecule has 2 rings (SSSR count). The largest absolute Gasteiger partial charge is 0.363 e. The number of benzene rings is 1. The lowest BCUT2D eigenvalue weighted by Crippen LogP contribution is -2.58. The van der Waals surface area contributed by atoms with Crippen LogP contribution in [0, 0.1) is 5.92 Å². The molecule has 19 heavy (non-hydrogen) atoms. The normalized spacial score (nSPS) is 24.0. The van der Waals surface area contributed by atoms with Crippen molar-refractivity contribution in [2.45, 2.75) is 39.3 Å². The minimum absolute atomic E-state index is 0.451. The summed E-state index contributed by atoms with van der Waals surface area (Å²) in [4.78, 5) is 2.38. The molecule has 1 aromatic carbocycles. The molecule has 2 atom stereocenters. The lowest BCUT2D eigenvalue weighted by molar-refractivity contribution is 0.325. The smallest absolute Gasteiger partial charge is 0.0748 e. The molecule has 1 fully saturated rings. The number of rotatable bonds is 3. The van der Waals surface area contributed by atoms with E-state index < -0.39 is 0 Å². The van der Waals surface area contributed by atoms with Crippen LogP contribution in [0.15, 0.2) is 18.2 Å². The van der Waals surface area contributed by atoms with E-state index in [1.165, 1.54) is 0 Å². The zero-order valence-corrected chi connectivity index (χ0v) is 13.3. The van der Waals surface area contributed by atoms with Crippen molar-refractivity contribution in [3.05, 3.63) is 28.2 Å². The van der Waals surface area contributed by atoms with Gasteiger partial charge in [0.05, 0.1) is 15.7 Å². The summed E-state index contributed by atoms with van der Waals surface area (Å²) >= 11 is 12.7. The molecule has 106 valence electrons. The van der Waals surface area contributed by atoms with Crippen LogP contribution < -0.4 is 10.2 Å². The Labute approximate surface area is 126 Å². The van der Waals surface area contributed by atoms with Gasteiger partial charge in [0, 0.05) is 25.2 Å². The number of piperazine rings is 1. The van der Waals surface area contributed by atoms with Gasteiger partial charge in [0.2, 0.25) is 0 Å². The van der Waals surface area contributed by atoms with Gasteiger partial charge in [-0.15, -0.1) is 0 Å². The molecule has 1 aliphatic rings. The van der Waals surface area contributed by atoms with Crippen LogP contribution in [0.3, 0.4) is 0 Å². The lowest BCUT2D eigenvalue weighted by Gasteiger charge is -2.43. The summed E-state index contributed by atoms with van der Waals surface area (Å²) in [5.74, 6) is 0.599. The number of anilines is 1. The van der Waals surface area contributed by atoms with Gasteiger partial charge in [-0.05, 0) is 24.5 Å². The van der Waals surface area contributed by atoms with Crippen LogP contribution in [-0.2, 0) is 0 Å². The second-order valence-electron chi connectivity index (χ2n) is 5.54. The molecule has 0 spiro atoms. The zero-order valence-electron chi connectivity index (χ0n) is 11.8. The Balaban J connectivity index is 2.32. The fraction of sp³-hybridized carbons (Fsp3) is 0.600. The first-order chi connectivity index (χ1) is 9.04. The monoisotopic (exact) mass is 300 g/mol. The Bertz CT molecular complexity index is 414. The van der Waals surface area contributed by atoms with Crippen LogP contribution in [0.5, 0.6) is 0 Å². The summed E-state index contributed by atoms with van der Waals surface area (Å²) in [7, 11) is 0. The topological polar surface area (TPSA) is 15.3 Å². The first-order valence-corrected chi connectivity index (χ1v) is 7.74. The maximum Gasteiger partial charge on any atom is 0.0748 e. The van der Waals surface area contributed by atoms with Crippen molar-refractivity contribution in [1.82, 2.24) is 5.32 Å². The number of hydrogen-bond acceptors (Lipinski definition) is 2. The van der Waals surface area contributed by atoms with E-state index in [1.807, 2.05) is 18.2 Å². The molecule has 1 aromatic rings. The molecule has 0 radical (unpaired) electrons.